The van der Waals surface area contributed by atoms with Gasteiger partial charge in [0.2, 0.25) is 0 Å². The van der Waals surface area contributed by atoms with E-state index in [0.29, 0.717) is 5.56 Å². The normalized spacial score (nSPS) is 19.0. The fourth-order valence-electron chi connectivity index (χ4n) is 2.44. The van der Waals surface area contributed by atoms with Gasteiger partial charge in [0, 0.05) is 38.8 Å². The molecule has 0 radical (unpaired) electrons. The van der Waals surface area contributed by atoms with Gasteiger partial charge in [0.05, 0.1) is 11.6 Å². The van der Waals surface area contributed by atoms with Crippen LogP contribution in [-0.4, -0.2) is 55.6 Å². The smallest absolute Gasteiger partial charge is 0.0991 e. The Kier molecular flexibility index (Phi) is 4.92. The molecule has 0 amide bonds. The predicted molar refractivity (Wildman–Crippen MR) is 76.8 cm³/mol. The van der Waals surface area contributed by atoms with Gasteiger partial charge in [0.1, 0.15) is 0 Å². The maximum absolute atomic E-state index is 8.76. The molecule has 1 unspecified atom stereocenters. The van der Waals surface area contributed by atoms with E-state index in [2.05, 4.69) is 22.9 Å². The first-order valence-corrected chi connectivity index (χ1v) is 6.83. The Balaban J connectivity index is 1.80. The van der Waals surface area contributed by atoms with Gasteiger partial charge in [-0.3, -0.25) is 4.90 Å². The molecule has 2 N–H and O–H groups in total. The van der Waals surface area contributed by atoms with Crippen LogP contribution in [0.2, 0.25) is 0 Å². The number of benzene rings is 1. The number of rotatable bonds is 4. The highest BCUT2D eigenvalue weighted by molar-refractivity contribution is 5.31. The summed E-state index contributed by atoms with van der Waals surface area (Å²) in [7, 11) is 2.16. The number of likely N-dealkylation sites (N-methyl/N-ethyl adjacent to an activating group) is 1. The van der Waals surface area contributed by atoms with Crippen LogP contribution in [0.25, 0.3) is 0 Å². The zero-order valence-electron chi connectivity index (χ0n) is 11.5. The second kappa shape index (κ2) is 6.67. The molecule has 0 aliphatic carbocycles. The molecule has 4 nitrogen and oxygen atoms in total. The third-order valence-corrected chi connectivity index (χ3v) is 3.67. The van der Waals surface area contributed by atoms with Crippen molar-refractivity contribution in [1.82, 2.24) is 9.80 Å². The molecule has 0 aromatic heterocycles. The Morgan fingerprint density at radius 1 is 1.21 bits per heavy atom. The molecular formula is C15H22N4. The second-order valence-corrected chi connectivity index (χ2v) is 5.38. The number of nitrogens with zero attached hydrogens (tertiary/aromatic N) is 3. The molecule has 1 atom stereocenters. The minimum Gasteiger partial charge on any atom is -0.326 e. The number of hydrogen-bond donors (Lipinski definition) is 1. The van der Waals surface area contributed by atoms with Crippen molar-refractivity contribution < 1.29 is 0 Å². The van der Waals surface area contributed by atoms with Crippen molar-refractivity contribution in [2.45, 2.75) is 12.5 Å². The lowest BCUT2D eigenvalue weighted by Crippen LogP contribution is -2.49. The average molecular weight is 258 g/mol. The number of hydrogen-bond acceptors (Lipinski definition) is 4. The van der Waals surface area contributed by atoms with E-state index in [1.807, 2.05) is 24.3 Å². The zero-order valence-corrected chi connectivity index (χ0v) is 11.5. The molecular weight excluding hydrogens is 236 g/mol. The Morgan fingerprint density at radius 3 is 2.42 bits per heavy atom. The van der Waals surface area contributed by atoms with Gasteiger partial charge in [-0.05, 0) is 31.2 Å². The van der Waals surface area contributed by atoms with Crippen LogP contribution in [0.4, 0.5) is 0 Å². The minimum absolute atomic E-state index is 0.163. The van der Waals surface area contributed by atoms with E-state index in [-0.39, 0.29) is 6.04 Å². The van der Waals surface area contributed by atoms with Gasteiger partial charge in [-0.25, -0.2) is 0 Å². The SMILES string of the molecule is CN1CCN(CC(N)Cc2ccc(C#N)cc2)CC1. The molecule has 1 aliphatic rings. The predicted octanol–water partition coefficient (Wildman–Crippen LogP) is 0.675. The van der Waals surface area contributed by atoms with Crippen LogP contribution >= 0.6 is 0 Å². The number of nitriles is 1. The van der Waals surface area contributed by atoms with Gasteiger partial charge in [-0.15, -0.1) is 0 Å². The van der Waals surface area contributed by atoms with Crippen molar-refractivity contribution in [3.8, 4) is 6.07 Å². The van der Waals surface area contributed by atoms with Crippen molar-refractivity contribution in [1.29, 1.82) is 5.26 Å². The summed E-state index contributed by atoms with van der Waals surface area (Å²) in [6.45, 7) is 5.43. The fourth-order valence-corrected chi connectivity index (χ4v) is 2.44. The first-order valence-electron chi connectivity index (χ1n) is 6.83. The molecule has 1 fully saturated rings. The van der Waals surface area contributed by atoms with Gasteiger partial charge in [-0.2, -0.15) is 5.26 Å². The molecule has 19 heavy (non-hydrogen) atoms. The largest absolute Gasteiger partial charge is 0.326 e. The van der Waals surface area contributed by atoms with Crippen LogP contribution in [0.1, 0.15) is 11.1 Å². The maximum Gasteiger partial charge on any atom is 0.0991 e. The average Bonchev–Trinajstić information content (AvgIpc) is 2.42. The van der Waals surface area contributed by atoms with Gasteiger partial charge in [0.25, 0.3) is 0 Å². The summed E-state index contributed by atoms with van der Waals surface area (Å²) in [6.07, 6.45) is 0.873. The molecule has 1 aromatic rings. The van der Waals surface area contributed by atoms with Crippen molar-refractivity contribution in [3.63, 3.8) is 0 Å². The molecule has 1 heterocycles. The minimum atomic E-state index is 0.163. The van der Waals surface area contributed by atoms with Gasteiger partial charge in [0.15, 0.2) is 0 Å². The Hall–Kier alpha value is -1.41. The van der Waals surface area contributed by atoms with Gasteiger partial charge in [-0.1, -0.05) is 12.1 Å². The first-order chi connectivity index (χ1) is 9.17. The molecule has 2 rings (SSSR count). The molecule has 0 saturated carbocycles. The summed E-state index contributed by atoms with van der Waals surface area (Å²) in [5.41, 5.74) is 8.14. The second-order valence-electron chi connectivity index (χ2n) is 5.38. The summed E-state index contributed by atoms with van der Waals surface area (Å²) < 4.78 is 0. The van der Waals surface area contributed by atoms with Crippen LogP contribution in [0, 0.1) is 11.3 Å². The summed E-state index contributed by atoms with van der Waals surface area (Å²) in [5, 5.41) is 8.76. The Morgan fingerprint density at radius 2 is 1.84 bits per heavy atom. The molecule has 102 valence electrons. The third kappa shape index (κ3) is 4.32. The zero-order chi connectivity index (χ0) is 13.7. The number of nitrogens with two attached hydrogens (primary N) is 1. The van der Waals surface area contributed by atoms with Crippen molar-refractivity contribution >= 4 is 0 Å². The Labute approximate surface area is 115 Å². The highest BCUT2D eigenvalue weighted by Gasteiger charge is 2.16. The molecule has 0 spiro atoms. The van der Waals surface area contributed by atoms with Gasteiger partial charge >= 0.3 is 0 Å². The summed E-state index contributed by atoms with van der Waals surface area (Å²) in [6, 6.07) is 10.0. The molecule has 1 aliphatic heterocycles. The van der Waals surface area contributed by atoms with E-state index in [1.54, 1.807) is 0 Å². The van der Waals surface area contributed by atoms with Crippen LogP contribution < -0.4 is 5.73 Å². The molecule has 1 aromatic carbocycles. The van der Waals surface area contributed by atoms with E-state index in [0.717, 1.165) is 39.1 Å². The quantitative estimate of drug-likeness (QED) is 0.862. The van der Waals surface area contributed by atoms with E-state index in [9.17, 15) is 0 Å². The van der Waals surface area contributed by atoms with E-state index in [1.165, 1.54) is 5.56 Å². The monoisotopic (exact) mass is 258 g/mol. The number of piperazine rings is 1. The summed E-state index contributed by atoms with van der Waals surface area (Å²) in [4.78, 5) is 4.79. The van der Waals surface area contributed by atoms with Crippen molar-refractivity contribution in [3.05, 3.63) is 35.4 Å². The molecule has 0 bridgehead atoms. The lowest BCUT2D eigenvalue weighted by Gasteiger charge is -2.33. The Bertz CT molecular complexity index is 426. The standard InChI is InChI=1S/C15H22N4/c1-18-6-8-19(9-7-18)12-15(17)10-13-2-4-14(11-16)5-3-13/h2-5,15H,6-10,12,17H2,1H3. The highest BCUT2D eigenvalue weighted by atomic mass is 15.2. The van der Waals surface area contributed by atoms with Crippen LogP contribution in [0.5, 0.6) is 0 Å². The highest BCUT2D eigenvalue weighted by Crippen LogP contribution is 2.07. The maximum atomic E-state index is 8.76. The topological polar surface area (TPSA) is 56.3 Å². The first kappa shape index (κ1) is 14.0. The van der Waals surface area contributed by atoms with Crippen molar-refractivity contribution in [2.24, 2.45) is 5.73 Å². The molecule has 1 saturated heterocycles. The van der Waals surface area contributed by atoms with Gasteiger partial charge < -0.3 is 10.6 Å². The molecule has 4 heteroatoms. The van der Waals surface area contributed by atoms with E-state index < -0.39 is 0 Å². The van der Waals surface area contributed by atoms with E-state index >= 15 is 0 Å². The van der Waals surface area contributed by atoms with Crippen LogP contribution in [-0.2, 0) is 6.42 Å². The fraction of sp³-hybridized carbons (Fsp3) is 0.533. The third-order valence-electron chi connectivity index (χ3n) is 3.67. The summed E-state index contributed by atoms with van der Waals surface area (Å²) >= 11 is 0. The van der Waals surface area contributed by atoms with Crippen molar-refractivity contribution in [2.75, 3.05) is 39.8 Å². The lowest BCUT2D eigenvalue weighted by molar-refractivity contribution is 0.147. The van der Waals surface area contributed by atoms with E-state index in [4.69, 9.17) is 11.0 Å². The van der Waals surface area contributed by atoms with Crippen LogP contribution in [0.15, 0.2) is 24.3 Å². The lowest BCUT2D eigenvalue weighted by atomic mass is 10.0. The summed E-state index contributed by atoms with van der Waals surface area (Å²) in [5.74, 6) is 0. The van der Waals surface area contributed by atoms with Crippen LogP contribution in [0.3, 0.4) is 0 Å².